The summed E-state index contributed by atoms with van der Waals surface area (Å²) in [6, 6.07) is 25.9. The number of hydrogen-bond acceptors (Lipinski definition) is 11. The van der Waals surface area contributed by atoms with Gasteiger partial charge in [0.1, 0.15) is 7.05 Å². The van der Waals surface area contributed by atoms with Gasteiger partial charge in [-0.15, -0.1) is 0 Å². The molecule has 0 N–H and O–H groups in total. The zero-order valence-corrected chi connectivity index (χ0v) is 37.8. The standard InChI is InChI=1S/C54H48N6O8/c1-55(21-23-59-51(63)39-7-3-5-37-43(57-25-29-67-30-26-57)19-17-41(47(37)39)53(59)65)35-13-9-33(10-14-35)45-49(61)46(50(45)62)34-11-15-36(16-12-34)56(2)22-24-60-52(64)40-8-4-6-38-44(58-27-31-68-32-28-58)20-18-42(48(38)40)54(60)66/h3-20H,21-32H2,1-2H3. The third-order valence-corrected chi connectivity index (χ3v) is 14.1. The number of anilines is 3. The number of benzene rings is 5. The predicted molar refractivity (Wildman–Crippen MR) is 258 cm³/mol. The first-order chi connectivity index (χ1) is 33.1. The van der Waals surface area contributed by atoms with Gasteiger partial charge < -0.3 is 29.3 Å². The van der Waals surface area contributed by atoms with E-state index in [4.69, 9.17) is 9.47 Å². The van der Waals surface area contributed by atoms with Crippen LogP contribution in [0.1, 0.15) is 47.0 Å². The van der Waals surface area contributed by atoms with Crippen molar-refractivity contribution in [3.63, 3.8) is 0 Å². The van der Waals surface area contributed by atoms with Crippen LogP contribution in [0.5, 0.6) is 0 Å². The summed E-state index contributed by atoms with van der Waals surface area (Å²) in [5, 5.41) is 16.7. The van der Waals surface area contributed by atoms with Gasteiger partial charge in [-0.25, -0.2) is 4.58 Å². The topological polar surface area (TPSA) is 146 Å². The second-order valence-corrected chi connectivity index (χ2v) is 17.8. The van der Waals surface area contributed by atoms with E-state index >= 15 is 0 Å². The zero-order chi connectivity index (χ0) is 46.8. The molecule has 0 saturated carbocycles. The lowest BCUT2D eigenvalue weighted by molar-refractivity contribution is -0.495. The summed E-state index contributed by atoms with van der Waals surface area (Å²) in [7, 11) is 3.73. The van der Waals surface area contributed by atoms with Gasteiger partial charge in [-0.2, -0.15) is 0 Å². The van der Waals surface area contributed by atoms with Gasteiger partial charge in [0.2, 0.25) is 0 Å². The molecule has 68 heavy (non-hydrogen) atoms. The van der Waals surface area contributed by atoms with Gasteiger partial charge in [0.25, 0.3) is 23.6 Å². The highest BCUT2D eigenvalue weighted by atomic mass is 16.5. The maximum absolute atomic E-state index is 13.8. The minimum atomic E-state index is -0.332. The van der Waals surface area contributed by atoms with Gasteiger partial charge in [0, 0.05) is 130 Å². The molecule has 4 amide bonds. The predicted octanol–water partition coefficient (Wildman–Crippen LogP) is 4.85. The average Bonchev–Trinajstić information content (AvgIpc) is 3.37. The Morgan fingerprint density at radius 1 is 0.588 bits per heavy atom. The molecule has 4 aliphatic heterocycles. The largest absolute Gasteiger partial charge is 0.871 e. The molecule has 0 aromatic heterocycles. The smallest absolute Gasteiger partial charge is 0.261 e. The molecule has 2 saturated heterocycles. The SMILES string of the molecule is CN(CCN1C(=O)c2cccc3c(N4CCOCC4)ccc(c23)C1=O)c1ccc(C2=C([O-])C(=C3C=CC(=[N+](C)CCN4C(=O)c5cccc6c(N7CCOCC7)ccc(c56)C4=O)C=C3)C2=O)cc1. The van der Waals surface area contributed by atoms with E-state index in [1.54, 1.807) is 36.4 Å². The summed E-state index contributed by atoms with van der Waals surface area (Å²) in [5.74, 6) is -1.96. The van der Waals surface area contributed by atoms with Crippen LogP contribution in [0.3, 0.4) is 0 Å². The second kappa shape index (κ2) is 17.2. The van der Waals surface area contributed by atoms with E-state index in [0.29, 0.717) is 83.7 Å². The summed E-state index contributed by atoms with van der Waals surface area (Å²) in [5.41, 5.74) is 6.88. The lowest BCUT2D eigenvalue weighted by Gasteiger charge is -2.33. The van der Waals surface area contributed by atoms with Crippen molar-refractivity contribution in [1.82, 2.24) is 9.80 Å². The number of likely N-dealkylation sites (N-methyl/N-ethyl adjacent to an activating group) is 2. The number of imide groups is 2. The van der Waals surface area contributed by atoms with E-state index in [0.717, 1.165) is 59.7 Å². The molecule has 0 spiro atoms. The minimum absolute atomic E-state index is 0.120. The van der Waals surface area contributed by atoms with Crippen LogP contribution in [0.25, 0.3) is 27.1 Å². The first-order valence-electron chi connectivity index (χ1n) is 23.0. The van der Waals surface area contributed by atoms with E-state index in [9.17, 15) is 29.1 Å². The van der Waals surface area contributed by atoms with E-state index in [2.05, 4.69) is 9.80 Å². The van der Waals surface area contributed by atoms with Crippen molar-refractivity contribution in [3.8, 4) is 0 Å². The van der Waals surface area contributed by atoms with Gasteiger partial charge in [0.05, 0.1) is 33.0 Å². The van der Waals surface area contributed by atoms with Gasteiger partial charge in [-0.05, 0) is 71.8 Å². The van der Waals surface area contributed by atoms with Crippen LogP contribution in [0.15, 0.2) is 126 Å². The number of carbonyl (C=O) groups excluding carboxylic acids is 5. The van der Waals surface area contributed by atoms with E-state index < -0.39 is 0 Å². The van der Waals surface area contributed by atoms with Gasteiger partial charge >= 0.3 is 0 Å². The van der Waals surface area contributed by atoms with Crippen molar-refractivity contribution in [1.29, 1.82) is 0 Å². The van der Waals surface area contributed by atoms with Crippen LogP contribution in [-0.4, -0.2) is 142 Å². The highest BCUT2D eigenvalue weighted by molar-refractivity contribution is 6.39. The number of nitrogens with zero attached hydrogens (tertiary/aromatic N) is 6. The van der Waals surface area contributed by atoms with Crippen LogP contribution >= 0.6 is 0 Å². The lowest BCUT2D eigenvalue weighted by atomic mass is 9.80. The van der Waals surface area contributed by atoms with Crippen molar-refractivity contribution < 1.29 is 43.1 Å². The van der Waals surface area contributed by atoms with Crippen LogP contribution < -0.4 is 19.8 Å². The number of rotatable bonds is 10. The Morgan fingerprint density at radius 3 is 1.57 bits per heavy atom. The van der Waals surface area contributed by atoms with Crippen LogP contribution in [0.4, 0.5) is 17.1 Å². The second-order valence-electron chi connectivity index (χ2n) is 17.8. The molecule has 4 heterocycles. The van der Waals surface area contributed by atoms with Crippen LogP contribution in [0.2, 0.25) is 0 Å². The number of carbonyl (C=O) groups is 5. The first kappa shape index (κ1) is 42.9. The molecule has 0 radical (unpaired) electrons. The lowest BCUT2D eigenvalue weighted by Crippen LogP contribution is -2.44. The normalized spacial score (nSPS) is 18.2. The van der Waals surface area contributed by atoms with Crippen molar-refractivity contribution in [3.05, 3.63) is 154 Å². The molecule has 2 aliphatic carbocycles. The van der Waals surface area contributed by atoms with Crippen molar-refractivity contribution >= 4 is 79.3 Å². The van der Waals surface area contributed by atoms with E-state index in [1.807, 2.05) is 96.4 Å². The fourth-order valence-electron chi connectivity index (χ4n) is 10.3. The van der Waals surface area contributed by atoms with Gasteiger partial charge in [0.15, 0.2) is 18.0 Å². The Bertz CT molecular complexity index is 3130. The van der Waals surface area contributed by atoms with E-state index in [1.165, 1.54) is 9.80 Å². The highest BCUT2D eigenvalue weighted by Gasteiger charge is 2.37. The molecular weight excluding hydrogens is 861 g/mol. The van der Waals surface area contributed by atoms with Gasteiger partial charge in [-0.3, -0.25) is 33.8 Å². The number of morpholine rings is 2. The van der Waals surface area contributed by atoms with Crippen LogP contribution in [0, 0.1) is 0 Å². The summed E-state index contributed by atoms with van der Waals surface area (Å²) >= 11 is 0. The van der Waals surface area contributed by atoms with Crippen molar-refractivity contribution in [2.75, 3.05) is 108 Å². The fraction of sp³-hybridized carbons (Fsp3) is 0.259. The summed E-state index contributed by atoms with van der Waals surface area (Å²) in [6.45, 7) is 6.53. The zero-order valence-electron chi connectivity index (χ0n) is 37.8. The Balaban J connectivity index is 0.728. The molecule has 0 bridgehead atoms. The monoisotopic (exact) mass is 908 g/mol. The third-order valence-electron chi connectivity index (χ3n) is 14.1. The molecule has 2 fully saturated rings. The quantitative estimate of drug-likeness (QED) is 0.108. The van der Waals surface area contributed by atoms with Crippen molar-refractivity contribution in [2.24, 2.45) is 0 Å². The summed E-state index contributed by atoms with van der Waals surface area (Å²) in [6.07, 6.45) is 7.12. The maximum Gasteiger partial charge on any atom is 0.261 e. The highest BCUT2D eigenvalue weighted by Crippen LogP contribution is 2.40. The molecule has 5 aromatic carbocycles. The number of amides is 4. The summed E-state index contributed by atoms with van der Waals surface area (Å²) < 4.78 is 13.0. The maximum atomic E-state index is 13.8. The van der Waals surface area contributed by atoms with Crippen molar-refractivity contribution in [2.45, 2.75) is 0 Å². The molecule has 342 valence electrons. The van der Waals surface area contributed by atoms with E-state index in [-0.39, 0.29) is 59.4 Å². The average molecular weight is 909 g/mol. The molecule has 6 aliphatic rings. The number of allylic oxidation sites excluding steroid dienone is 7. The molecule has 14 heteroatoms. The molecule has 0 unspecified atom stereocenters. The number of hydrogen-bond donors (Lipinski definition) is 0. The number of Topliss-reactive ketones (excluding diaryl/α,β-unsaturated/α-hetero) is 1. The third kappa shape index (κ3) is 7.10. The number of ketones is 1. The van der Waals surface area contributed by atoms with Gasteiger partial charge in [-0.1, -0.05) is 42.2 Å². The number of ether oxygens (including phenoxy) is 2. The molecule has 0 atom stereocenters. The first-order valence-corrected chi connectivity index (χ1v) is 23.0. The van der Waals surface area contributed by atoms with Crippen LogP contribution in [-0.2, 0) is 14.3 Å². The Labute approximate surface area is 392 Å². The molecular formula is C54H48N6O8. The Kier molecular flexibility index (Phi) is 10.9. The minimum Gasteiger partial charge on any atom is -0.871 e. The molecule has 11 rings (SSSR count). The Morgan fingerprint density at radius 2 is 1.07 bits per heavy atom. The Hall–Kier alpha value is -7.68. The summed E-state index contributed by atoms with van der Waals surface area (Å²) in [4.78, 5) is 77.7. The fourth-order valence-corrected chi connectivity index (χ4v) is 10.3. The molecule has 14 nitrogen and oxygen atoms in total. The molecule has 5 aromatic rings.